The average Bonchev–Trinajstić information content (AvgIpc) is 2.87. The Kier molecular flexibility index (Phi) is 5.97. The van der Waals surface area contributed by atoms with Gasteiger partial charge in [-0.15, -0.1) is 0 Å². The minimum atomic E-state index is -0.217. The summed E-state index contributed by atoms with van der Waals surface area (Å²) in [5.74, 6) is -0.419. The van der Waals surface area contributed by atoms with Gasteiger partial charge >= 0.3 is 0 Å². The number of hydrogen-bond acceptors (Lipinski definition) is 5. The first kappa shape index (κ1) is 19.6. The Balaban J connectivity index is 1.92. The van der Waals surface area contributed by atoms with Crippen LogP contribution in [0.5, 0.6) is 0 Å². The third-order valence-electron chi connectivity index (χ3n) is 5.07. The summed E-state index contributed by atoms with van der Waals surface area (Å²) in [5.41, 5.74) is 3.00. The van der Waals surface area contributed by atoms with E-state index in [1.165, 1.54) is 4.90 Å². The summed E-state index contributed by atoms with van der Waals surface area (Å²) >= 11 is 0. The summed E-state index contributed by atoms with van der Waals surface area (Å²) in [6.45, 7) is 9.78. The maximum atomic E-state index is 13.2. The number of aryl methyl sites for hydroxylation is 1. The fourth-order valence-electron chi connectivity index (χ4n) is 3.45. The van der Waals surface area contributed by atoms with E-state index < -0.39 is 0 Å². The summed E-state index contributed by atoms with van der Waals surface area (Å²) in [4.78, 5) is 31.9. The molecule has 0 atom stereocenters. The van der Waals surface area contributed by atoms with Crippen molar-refractivity contribution >= 4 is 17.4 Å². The van der Waals surface area contributed by atoms with Crippen LogP contribution in [0.4, 0.5) is 0 Å². The molecule has 27 heavy (non-hydrogen) atoms. The summed E-state index contributed by atoms with van der Waals surface area (Å²) in [5, 5.41) is 0. The van der Waals surface area contributed by atoms with E-state index >= 15 is 0 Å². The third-order valence-corrected chi connectivity index (χ3v) is 5.07. The van der Waals surface area contributed by atoms with Crippen LogP contribution in [-0.4, -0.2) is 79.0 Å². The molecule has 2 amide bonds. The first-order chi connectivity index (χ1) is 12.9. The summed E-state index contributed by atoms with van der Waals surface area (Å²) in [6.07, 6.45) is 0.0689. The molecule has 0 unspecified atom stereocenters. The molecule has 2 aliphatic rings. The molecule has 1 aromatic carbocycles. The maximum absolute atomic E-state index is 13.2. The van der Waals surface area contributed by atoms with Crippen molar-refractivity contribution in [3.63, 3.8) is 0 Å². The summed E-state index contributed by atoms with van der Waals surface area (Å²) in [6, 6.07) is 7.82. The molecule has 146 valence electrons. The van der Waals surface area contributed by atoms with Gasteiger partial charge in [-0.25, -0.2) is 0 Å². The molecule has 2 heterocycles. The predicted molar refractivity (Wildman–Crippen MR) is 105 cm³/mol. The van der Waals surface area contributed by atoms with E-state index in [0.29, 0.717) is 17.9 Å². The number of carbonyl (C=O) groups is 2. The van der Waals surface area contributed by atoms with Crippen molar-refractivity contribution in [3.8, 4) is 0 Å². The first-order valence-corrected chi connectivity index (χ1v) is 9.61. The minimum absolute atomic E-state index is 0.0689. The molecule has 1 aromatic rings. The maximum Gasteiger partial charge on any atom is 0.277 e. The molecule has 0 aliphatic carbocycles. The molecule has 0 N–H and O–H groups in total. The number of hydrogen-bond donors (Lipinski definition) is 0. The van der Waals surface area contributed by atoms with Crippen LogP contribution in [-0.2, 0) is 14.3 Å². The highest BCUT2D eigenvalue weighted by atomic mass is 16.5. The lowest BCUT2D eigenvalue weighted by Gasteiger charge is -2.34. The van der Waals surface area contributed by atoms with Gasteiger partial charge in [0.05, 0.1) is 24.8 Å². The monoisotopic (exact) mass is 371 g/mol. The normalized spacial score (nSPS) is 19.0. The number of rotatable bonds is 6. The lowest BCUT2D eigenvalue weighted by Crippen LogP contribution is -2.46. The van der Waals surface area contributed by atoms with Crippen LogP contribution in [0.3, 0.4) is 0 Å². The van der Waals surface area contributed by atoms with Gasteiger partial charge < -0.3 is 14.5 Å². The fourth-order valence-corrected chi connectivity index (χ4v) is 3.45. The number of ether oxygens (including phenoxy) is 1. The van der Waals surface area contributed by atoms with Crippen molar-refractivity contribution in [3.05, 3.63) is 41.1 Å². The van der Waals surface area contributed by atoms with Crippen molar-refractivity contribution in [2.45, 2.75) is 26.9 Å². The zero-order valence-electron chi connectivity index (χ0n) is 16.7. The predicted octanol–water partition coefficient (Wildman–Crippen LogP) is 1.75. The van der Waals surface area contributed by atoms with E-state index in [2.05, 4.69) is 16.8 Å². The van der Waals surface area contributed by atoms with E-state index in [1.54, 1.807) is 0 Å². The van der Waals surface area contributed by atoms with Gasteiger partial charge in [0.15, 0.2) is 0 Å². The fraction of sp³-hybridized carbons (Fsp3) is 0.524. The molecule has 6 heteroatoms. The van der Waals surface area contributed by atoms with Crippen molar-refractivity contribution in [1.29, 1.82) is 0 Å². The van der Waals surface area contributed by atoms with Crippen LogP contribution in [0.1, 0.15) is 25.0 Å². The zero-order chi connectivity index (χ0) is 19.6. The number of benzene rings is 1. The SMILES string of the molecule is Cc1ccc(C2=C(N3CCN(C)CC3)C(=O)N(CCOC(C)C)C2=O)cc1. The number of nitrogens with zero attached hydrogens (tertiary/aromatic N) is 3. The number of likely N-dealkylation sites (N-methyl/N-ethyl adjacent to an activating group) is 1. The Morgan fingerprint density at radius 2 is 1.63 bits per heavy atom. The molecule has 0 aromatic heterocycles. The third kappa shape index (κ3) is 4.22. The molecule has 0 bridgehead atoms. The Labute approximate surface area is 161 Å². The Morgan fingerprint density at radius 1 is 1.00 bits per heavy atom. The topological polar surface area (TPSA) is 53.1 Å². The van der Waals surface area contributed by atoms with Gasteiger partial charge in [0.1, 0.15) is 5.70 Å². The Bertz CT molecular complexity index is 732. The Hall–Kier alpha value is -2.18. The van der Waals surface area contributed by atoms with Crippen molar-refractivity contribution < 1.29 is 14.3 Å². The zero-order valence-corrected chi connectivity index (χ0v) is 16.7. The lowest BCUT2D eigenvalue weighted by atomic mass is 10.0. The number of imide groups is 1. The van der Waals surface area contributed by atoms with Gasteiger partial charge in [0.25, 0.3) is 11.8 Å². The molecule has 0 radical (unpaired) electrons. The molecular weight excluding hydrogens is 342 g/mol. The van der Waals surface area contributed by atoms with Crippen LogP contribution in [0.25, 0.3) is 5.57 Å². The quantitative estimate of drug-likeness (QED) is 0.713. The molecule has 1 fully saturated rings. The first-order valence-electron chi connectivity index (χ1n) is 9.61. The van der Waals surface area contributed by atoms with Gasteiger partial charge in [-0.05, 0) is 33.4 Å². The molecule has 3 rings (SSSR count). The molecule has 6 nitrogen and oxygen atoms in total. The second kappa shape index (κ2) is 8.23. The van der Waals surface area contributed by atoms with Gasteiger partial charge in [-0.1, -0.05) is 29.8 Å². The van der Waals surface area contributed by atoms with Crippen molar-refractivity contribution in [1.82, 2.24) is 14.7 Å². The second-order valence-electron chi connectivity index (χ2n) is 7.56. The van der Waals surface area contributed by atoms with E-state index in [4.69, 9.17) is 4.74 Å². The van der Waals surface area contributed by atoms with Crippen molar-refractivity contribution in [2.75, 3.05) is 46.4 Å². The van der Waals surface area contributed by atoms with E-state index in [-0.39, 0.29) is 24.5 Å². The highest BCUT2D eigenvalue weighted by Crippen LogP contribution is 2.32. The lowest BCUT2D eigenvalue weighted by molar-refractivity contribution is -0.138. The standard InChI is InChI=1S/C21H29N3O3/c1-15(2)27-14-13-24-20(25)18(17-7-5-16(3)6-8-17)19(21(24)26)23-11-9-22(4)10-12-23/h5-8,15H,9-14H2,1-4H3. The van der Waals surface area contributed by atoms with Crippen LogP contribution in [0, 0.1) is 6.92 Å². The second-order valence-corrected chi connectivity index (χ2v) is 7.56. The highest BCUT2D eigenvalue weighted by Gasteiger charge is 2.41. The van der Waals surface area contributed by atoms with Crippen LogP contribution in [0.2, 0.25) is 0 Å². The van der Waals surface area contributed by atoms with E-state index in [9.17, 15) is 9.59 Å². The van der Waals surface area contributed by atoms with E-state index in [0.717, 1.165) is 37.3 Å². The molecule has 2 aliphatic heterocycles. The van der Waals surface area contributed by atoms with Crippen LogP contribution in [0.15, 0.2) is 30.0 Å². The van der Waals surface area contributed by atoms with Crippen molar-refractivity contribution in [2.24, 2.45) is 0 Å². The van der Waals surface area contributed by atoms with Crippen LogP contribution < -0.4 is 0 Å². The number of carbonyl (C=O) groups excluding carboxylic acids is 2. The smallest absolute Gasteiger partial charge is 0.277 e. The highest BCUT2D eigenvalue weighted by molar-refractivity contribution is 6.35. The van der Waals surface area contributed by atoms with Gasteiger partial charge in [0.2, 0.25) is 0 Å². The van der Waals surface area contributed by atoms with Gasteiger partial charge in [0, 0.05) is 26.2 Å². The molecular formula is C21H29N3O3. The number of amides is 2. The molecule has 0 spiro atoms. The largest absolute Gasteiger partial charge is 0.377 e. The van der Waals surface area contributed by atoms with Crippen LogP contribution >= 0.6 is 0 Å². The number of piperazine rings is 1. The average molecular weight is 371 g/mol. The minimum Gasteiger partial charge on any atom is -0.377 e. The van der Waals surface area contributed by atoms with Gasteiger partial charge in [-0.2, -0.15) is 0 Å². The summed E-state index contributed by atoms with van der Waals surface area (Å²) in [7, 11) is 2.07. The van der Waals surface area contributed by atoms with E-state index in [1.807, 2.05) is 45.0 Å². The molecule has 1 saturated heterocycles. The van der Waals surface area contributed by atoms with Gasteiger partial charge in [-0.3, -0.25) is 14.5 Å². The summed E-state index contributed by atoms with van der Waals surface area (Å²) < 4.78 is 5.57. The molecule has 0 saturated carbocycles. The Morgan fingerprint density at radius 3 is 2.22 bits per heavy atom.